The highest BCUT2D eigenvalue weighted by Crippen LogP contribution is 2.56. The quantitative estimate of drug-likeness (QED) is 0.287. The van der Waals surface area contributed by atoms with E-state index in [-0.39, 0.29) is 18.4 Å². The molecule has 1 heterocycles. The normalized spacial score (nSPS) is 42.8. The molecule has 0 amide bonds. The fourth-order valence-electron chi connectivity index (χ4n) is 6.42. The second-order valence-electron chi connectivity index (χ2n) is 11.1. The largest absolute Gasteiger partial charge is 0.461 e. The van der Waals surface area contributed by atoms with Crippen LogP contribution in [0.2, 0.25) is 0 Å². The number of halogens is 1. The number of alkyl halides is 1. The van der Waals surface area contributed by atoms with E-state index >= 15 is 0 Å². The third kappa shape index (κ3) is 5.47. The Bertz CT molecular complexity index is 1040. The number of fused-ring (bicyclic) bond motifs is 2. The van der Waals surface area contributed by atoms with Crippen LogP contribution in [-0.2, 0) is 38.1 Å². The molecule has 3 aliphatic rings. The topological polar surface area (TPSA) is 146 Å². The maximum Gasteiger partial charge on any atom is 0.312 e. The zero-order valence-electron chi connectivity index (χ0n) is 23.2. The monoisotopic (exact) mass is 570 g/mol. The second-order valence-corrected chi connectivity index (χ2v) is 11.6. The lowest BCUT2D eigenvalue weighted by atomic mass is 9.53. The van der Waals surface area contributed by atoms with Crippen LogP contribution in [0.15, 0.2) is 24.3 Å². The molecule has 11 atom stereocenters. The van der Waals surface area contributed by atoms with Crippen LogP contribution in [0.5, 0.6) is 0 Å². The Balaban J connectivity index is 2.38. The molecule has 39 heavy (non-hydrogen) atoms. The fourth-order valence-corrected chi connectivity index (χ4v) is 6.75. The summed E-state index contributed by atoms with van der Waals surface area (Å²) >= 11 is 6.70. The number of rotatable bonds is 5. The van der Waals surface area contributed by atoms with Crippen molar-refractivity contribution in [3.8, 4) is 0 Å². The second kappa shape index (κ2) is 11.6. The van der Waals surface area contributed by atoms with E-state index in [4.69, 9.17) is 30.5 Å². The van der Waals surface area contributed by atoms with Gasteiger partial charge >= 0.3 is 23.9 Å². The standard InChI is InChI=1S/C28H39ClO10/c1-8-9-21(33)38-20-12-18(32)14(3)22-24(37-17(6)31)28(35)15(4)26(34)39-25(28)23(29)13(2)10-11-19(27(20,22)7)36-16(5)30/h10-11,14-15,18-20,22-25,32,35H,2,8-9,12H2,1,3-7H3/b11-10-/t14-,15-,18+,19-,20-,22+,23-,24-,25-,27-,28+/m0/s1. The Labute approximate surface area is 233 Å². The van der Waals surface area contributed by atoms with Gasteiger partial charge in [0.2, 0.25) is 0 Å². The van der Waals surface area contributed by atoms with Crippen LogP contribution in [0.1, 0.15) is 60.8 Å². The summed E-state index contributed by atoms with van der Waals surface area (Å²) in [6, 6.07) is 0. The summed E-state index contributed by atoms with van der Waals surface area (Å²) in [5.41, 5.74) is -3.31. The molecule has 0 bridgehead atoms. The SMILES string of the molecule is C=C1/C=C\[C@H](OC(C)=O)[C@]2(C)[C@H]([C@@H](C)[C@H](O)C[C@@H]2OC(=O)CCC)[C@H](OC(C)=O)[C@]2(O)[C@@H](C)C(=O)O[C@H]2[C@H]1Cl. The van der Waals surface area contributed by atoms with Crippen molar-refractivity contribution >= 4 is 35.5 Å². The first-order valence-corrected chi connectivity index (χ1v) is 13.7. The van der Waals surface area contributed by atoms with Gasteiger partial charge in [-0.3, -0.25) is 19.2 Å². The van der Waals surface area contributed by atoms with E-state index in [1.165, 1.54) is 19.9 Å². The Hall–Kier alpha value is -2.43. The van der Waals surface area contributed by atoms with E-state index in [0.717, 1.165) is 6.92 Å². The number of esters is 4. The molecule has 11 heteroatoms. The molecule has 0 unspecified atom stereocenters. The molecule has 1 aliphatic heterocycles. The number of aliphatic hydroxyl groups excluding tert-OH is 1. The zero-order valence-corrected chi connectivity index (χ0v) is 24.0. The molecule has 2 N–H and O–H groups in total. The Morgan fingerprint density at radius 2 is 1.79 bits per heavy atom. The average Bonchev–Trinajstić information content (AvgIpc) is 3.07. The maximum atomic E-state index is 12.9. The molecular formula is C28H39ClO10. The van der Waals surface area contributed by atoms with Crippen LogP contribution >= 0.6 is 11.6 Å². The molecule has 1 saturated carbocycles. The van der Waals surface area contributed by atoms with Gasteiger partial charge in [0.05, 0.1) is 22.8 Å². The number of allylic oxidation sites excluding steroid dienone is 1. The van der Waals surface area contributed by atoms with Crippen molar-refractivity contribution in [1.29, 1.82) is 0 Å². The molecule has 1 saturated heterocycles. The number of ether oxygens (including phenoxy) is 4. The van der Waals surface area contributed by atoms with Crippen molar-refractivity contribution in [3.63, 3.8) is 0 Å². The van der Waals surface area contributed by atoms with Crippen LogP contribution in [-0.4, -0.2) is 75.6 Å². The number of hydrogen-bond donors (Lipinski definition) is 2. The van der Waals surface area contributed by atoms with Crippen molar-refractivity contribution in [2.24, 2.45) is 23.2 Å². The van der Waals surface area contributed by atoms with Gasteiger partial charge in [-0.25, -0.2) is 0 Å². The Morgan fingerprint density at radius 1 is 1.18 bits per heavy atom. The summed E-state index contributed by atoms with van der Waals surface area (Å²) in [5.74, 6) is -5.60. The highest BCUT2D eigenvalue weighted by molar-refractivity contribution is 6.23. The molecule has 0 aromatic heterocycles. The lowest BCUT2D eigenvalue weighted by Gasteiger charge is -2.57. The average molecular weight is 571 g/mol. The zero-order chi connectivity index (χ0) is 29.4. The summed E-state index contributed by atoms with van der Waals surface area (Å²) in [6.45, 7) is 13.0. The Kier molecular flexibility index (Phi) is 9.24. The molecule has 218 valence electrons. The number of aliphatic hydroxyl groups is 2. The van der Waals surface area contributed by atoms with E-state index in [2.05, 4.69) is 6.58 Å². The smallest absolute Gasteiger partial charge is 0.312 e. The predicted molar refractivity (Wildman–Crippen MR) is 139 cm³/mol. The maximum absolute atomic E-state index is 12.9. The summed E-state index contributed by atoms with van der Waals surface area (Å²) in [7, 11) is 0. The van der Waals surface area contributed by atoms with E-state index in [1.807, 2.05) is 6.92 Å². The minimum atomic E-state index is -2.18. The molecule has 10 nitrogen and oxygen atoms in total. The molecule has 0 aromatic carbocycles. The number of hydrogen-bond acceptors (Lipinski definition) is 10. The van der Waals surface area contributed by atoms with Crippen LogP contribution in [0, 0.1) is 23.2 Å². The summed E-state index contributed by atoms with van der Waals surface area (Å²) < 4.78 is 23.1. The van der Waals surface area contributed by atoms with Crippen molar-refractivity contribution in [2.75, 3.05) is 0 Å². The summed E-state index contributed by atoms with van der Waals surface area (Å²) in [4.78, 5) is 50.5. The highest BCUT2D eigenvalue weighted by atomic mass is 35.5. The van der Waals surface area contributed by atoms with Crippen LogP contribution in [0.25, 0.3) is 0 Å². The fraction of sp³-hybridized carbons (Fsp3) is 0.714. The van der Waals surface area contributed by atoms with Gasteiger partial charge in [0.25, 0.3) is 0 Å². The number of carbonyl (C=O) groups is 4. The molecule has 2 fully saturated rings. The van der Waals surface area contributed by atoms with E-state index in [0.29, 0.717) is 6.42 Å². The first-order valence-electron chi connectivity index (χ1n) is 13.3. The van der Waals surface area contributed by atoms with Crippen LogP contribution < -0.4 is 0 Å². The Morgan fingerprint density at radius 3 is 2.36 bits per heavy atom. The lowest BCUT2D eigenvalue weighted by Crippen LogP contribution is -2.69. The minimum absolute atomic E-state index is 0.00602. The molecule has 2 aliphatic carbocycles. The van der Waals surface area contributed by atoms with Gasteiger partial charge in [-0.05, 0) is 30.9 Å². The number of carbonyl (C=O) groups excluding carboxylic acids is 4. The van der Waals surface area contributed by atoms with E-state index in [9.17, 15) is 29.4 Å². The van der Waals surface area contributed by atoms with Gasteiger partial charge in [0, 0.05) is 32.6 Å². The van der Waals surface area contributed by atoms with Gasteiger partial charge < -0.3 is 29.2 Å². The highest BCUT2D eigenvalue weighted by Gasteiger charge is 2.70. The van der Waals surface area contributed by atoms with Crippen molar-refractivity contribution < 1.29 is 48.3 Å². The van der Waals surface area contributed by atoms with Crippen LogP contribution in [0.3, 0.4) is 0 Å². The van der Waals surface area contributed by atoms with Gasteiger partial charge in [-0.15, -0.1) is 11.6 Å². The predicted octanol–water partition coefficient (Wildman–Crippen LogP) is 2.61. The van der Waals surface area contributed by atoms with E-state index in [1.54, 1.807) is 19.9 Å². The summed E-state index contributed by atoms with van der Waals surface area (Å²) in [5, 5.41) is 22.5. The minimum Gasteiger partial charge on any atom is -0.461 e. The lowest BCUT2D eigenvalue weighted by molar-refractivity contribution is -0.247. The van der Waals surface area contributed by atoms with Gasteiger partial charge in [-0.1, -0.05) is 33.4 Å². The van der Waals surface area contributed by atoms with Crippen molar-refractivity contribution in [3.05, 3.63) is 24.3 Å². The van der Waals surface area contributed by atoms with Crippen LogP contribution in [0.4, 0.5) is 0 Å². The van der Waals surface area contributed by atoms with Crippen molar-refractivity contribution in [2.45, 2.75) is 102 Å². The first kappa shape index (κ1) is 31.1. The molecule has 0 aromatic rings. The van der Waals surface area contributed by atoms with Gasteiger partial charge in [0.15, 0.2) is 11.7 Å². The van der Waals surface area contributed by atoms with Gasteiger partial charge in [-0.2, -0.15) is 0 Å². The molecule has 3 rings (SSSR count). The third-order valence-electron chi connectivity index (χ3n) is 8.60. The summed E-state index contributed by atoms with van der Waals surface area (Å²) in [6.07, 6.45) is -2.38. The molecule has 0 spiro atoms. The van der Waals surface area contributed by atoms with Gasteiger partial charge in [0.1, 0.15) is 18.3 Å². The molecular weight excluding hydrogens is 532 g/mol. The third-order valence-corrected chi connectivity index (χ3v) is 9.11. The van der Waals surface area contributed by atoms with E-state index < -0.39 is 88.5 Å². The molecule has 0 radical (unpaired) electrons. The first-order chi connectivity index (χ1) is 18.1. The van der Waals surface area contributed by atoms with Crippen molar-refractivity contribution in [1.82, 2.24) is 0 Å².